The number of imide groups is 1. The molecular weight excluding hydrogens is 450 g/mol. The van der Waals surface area contributed by atoms with Crippen LogP contribution in [0.3, 0.4) is 0 Å². The van der Waals surface area contributed by atoms with Crippen molar-refractivity contribution in [2.45, 2.75) is 19.4 Å². The lowest BCUT2D eigenvalue weighted by Crippen LogP contribution is -2.49. The van der Waals surface area contributed by atoms with Gasteiger partial charge in [0.05, 0.1) is 38.0 Å². The second kappa shape index (κ2) is 10.8. The molecule has 2 aromatic rings. The number of aryl methyl sites for hydroxylation is 1. The minimum Gasteiger partial charge on any atom is -0.465 e. The van der Waals surface area contributed by atoms with Crippen molar-refractivity contribution in [3.05, 3.63) is 65.2 Å². The van der Waals surface area contributed by atoms with Gasteiger partial charge in [-0.3, -0.25) is 19.3 Å². The van der Waals surface area contributed by atoms with Crippen LogP contribution >= 0.6 is 0 Å². The van der Waals surface area contributed by atoms with E-state index in [1.165, 1.54) is 36.3 Å². The fourth-order valence-electron chi connectivity index (χ4n) is 4.44. The summed E-state index contributed by atoms with van der Waals surface area (Å²) in [5.74, 6) is -1.62. The smallest absolute Gasteiger partial charge is 0.337 e. The van der Waals surface area contributed by atoms with Crippen molar-refractivity contribution < 1.29 is 28.7 Å². The minimum absolute atomic E-state index is 0.0989. The third-order valence-electron chi connectivity index (χ3n) is 6.44. The number of rotatable bonds is 7. The van der Waals surface area contributed by atoms with Gasteiger partial charge < -0.3 is 14.4 Å². The van der Waals surface area contributed by atoms with Gasteiger partial charge in [-0.05, 0) is 42.8 Å². The van der Waals surface area contributed by atoms with E-state index in [2.05, 4.69) is 4.90 Å². The molecule has 2 fully saturated rings. The summed E-state index contributed by atoms with van der Waals surface area (Å²) < 4.78 is 10.1. The summed E-state index contributed by atoms with van der Waals surface area (Å²) >= 11 is 0. The SMILES string of the molecule is COC(=O)c1ccc(N2C(=O)CC(N(CCN3CCOCC3)C(=O)c3ccccc3C)C2=O)cc1. The Balaban J connectivity index is 1.59. The molecule has 2 saturated heterocycles. The number of anilines is 1. The van der Waals surface area contributed by atoms with E-state index in [1.54, 1.807) is 12.1 Å². The Kier molecular flexibility index (Phi) is 7.57. The van der Waals surface area contributed by atoms with Crippen molar-refractivity contribution in [1.82, 2.24) is 9.80 Å². The first-order valence-electron chi connectivity index (χ1n) is 11.6. The van der Waals surface area contributed by atoms with Crippen LogP contribution in [0.4, 0.5) is 5.69 Å². The molecule has 3 amide bonds. The third kappa shape index (κ3) is 5.26. The number of morpholine rings is 1. The standard InChI is InChI=1S/C26H29N3O6/c1-18-5-3-4-6-21(18)24(31)28(12-11-27-13-15-35-16-14-27)22-17-23(30)29(25(22)32)20-9-7-19(8-10-20)26(33)34-2/h3-10,22H,11-17H2,1-2H3. The van der Waals surface area contributed by atoms with Crippen molar-refractivity contribution in [3.8, 4) is 0 Å². The van der Waals surface area contributed by atoms with E-state index in [9.17, 15) is 19.2 Å². The third-order valence-corrected chi connectivity index (χ3v) is 6.44. The first kappa shape index (κ1) is 24.6. The van der Waals surface area contributed by atoms with Crippen LogP contribution in [0.5, 0.6) is 0 Å². The molecule has 0 bridgehead atoms. The molecule has 0 radical (unpaired) electrons. The average molecular weight is 480 g/mol. The molecule has 184 valence electrons. The van der Waals surface area contributed by atoms with Gasteiger partial charge in [-0.25, -0.2) is 9.69 Å². The van der Waals surface area contributed by atoms with Crippen LogP contribution in [0.25, 0.3) is 0 Å². The van der Waals surface area contributed by atoms with Crippen LogP contribution in [0.15, 0.2) is 48.5 Å². The second-order valence-electron chi connectivity index (χ2n) is 8.59. The molecule has 2 aliphatic rings. The van der Waals surface area contributed by atoms with E-state index in [-0.39, 0.29) is 18.2 Å². The molecule has 0 saturated carbocycles. The maximum Gasteiger partial charge on any atom is 0.337 e. The maximum absolute atomic E-state index is 13.6. The molecule has 9 nitrogen and oxygen atoms in total. The molecule has 0 spiro atoms. The summed E-state index contributed by atoms with van der Waals surface area (Å²) in [5, 5.41) is 0. The van der Waals surface area contributed by atoms with Gasteiger partial charge in [-0.2, -0.15) is 0 Å². The van der Waals surface area contributed by atoms with E-state index in [1.807, 2.05) is 19.1 Å². The fourth-order valence-corrected chi connectivity index (χ4v) is 4.44. The monoisotopic (exact) mass is 479 g/mol. The van der Waals surface area contributed by atoms with Gasteiger partial charge in [0, 0.05) is 31.7 Å². The van der Waals surface area contributed by atoms with E-state index in [4.69, 9.17) is 9.47 Å². The van der Waals surface area contributed by atoms with Gasteiger partial charge in [-0.1, -0.05) is 18.2 Å². The molecule has 0 aromatic heterocycles. The Bertz CT molecular complexity index is 1110. The first-order valence-corrected chi connectivity index (χ1v) is 11.6. The van der Waals surface area contributed by atoms with Crippen LogP contribution in [-0.4, -0.2) is 86.0 Å². The molecule has 4 rings (SSSR count). The number of esters is 1. The van der Waals surface area contributed by atoms with Crippen molar-refractivity contribution in [3.63, 3.8) is 0 Å². The minimum atomic E-state index is -0.907. The lowest BCUT2D eigenvalue weighted by atomic mass is 10.1. The van der Waals surface area contributed by atoms with Gasteiger partial charge in [0.2, 0.25) is 5.91 Å². The molecule has 2 heterocycles. The highest BCUT2D eigenvalue weighted by Crippen LogP contribution is 2.27. The molecule has 0 N–H and O–H groups in total. The summed E-state index contributed by atoms with van der Waals surface area (Å²) in [5.41, 5.74) is 1.98. The Morgan fingerprint density at radius 2 is 1.74 bits per heavy atom. The Labute approximate surface area is 204 Å². The lowest BCUT2D eigenvalue weighted by Gasteiger charge is -2.32. The Hall–Kier alpha value is -3.56. The summed E-state index contributed by atoms with van der Waals surface area (Å²) in [7, 11) is 1.28. The van der Waals surface area contributed by atoms with Crippen LogP contribution in [0, 0.1) is 6.92 Å². The highest BCUT2D eigenvalue weighted by atomic mass is 16.5. The summed E-state index contributed by atoms with van der Waals surface area (Å²) in [6.07, 6.45) is -0.0989. The predicted octanol–water partition coefficient (Wildman–Crippen LogP) is 1.89. The molecule has 2 aliphatic heterocycles. The molecule has 9 heteroatoms. The molecule has 0 aliphatic carbocycles. The molecule has 2 aromatic carbocycles. The largest absolute Gasteiger partial charge is 0.465 e. The van der Waals surface area contributed by atoms with Gasteiger partial charge in [0.15, 0.2) is 0 Å². The van der Waals surface area contributed by atoms with Gasteiger partial charge in [0.1, 0.15) is 6.04 Å². The topological polar surface area (TPSA) is 96.5 Å². The van der Waals surface area contributed by atoms with Crippen LogP contribution in [0.2, 0.25) is 0 Å². The highest BCUT2D eigenvalue weighted by molar-refractivity contribution is 6.23. The Morgan fingerprint density at radius 3 is 2.40 bits per heavy atom. The number of nitrogens with zero attached hydrogens (tertiary/aromatic N) is 3. The van der Waals surface area contributed by atoms with Gasteiger partial charge >= 0.3 is 5.97 Å². The summed E-state index contributed by atoms with van der Waals surface area (Å²) in [6, 6.07) is 12.4. The number of carbonyl (C=O) groups is 4. The number of hydrogen-bond acceptors (Lipinski definition) is 7. The maximum atomic E-state index is 13.6. The Morgan fingerprint density at radius 1 is 1.06 bits per heavy atom. The number of hydrogen-bond donors (Lipinski definition) is 0. The molecule has 35 heavy (non-hydrogen) atoms. The lowest BCUT2D eigenvalue weighted by molar-refractivity contribution is -0.122. The van der Waals surface area contributed by atoms with Crippen molar-refractivity contribution in [2.75, 3.05) is 51.4 Å². The number of methoxy groups -OCH3 is 1. The first-order chi connectivity index (χ1) is 16.9. The number of ether oxygens (including phenoxy) is 2. The van der Waals surface area contributed by atoms with E-state index < -0.39 is 17.9 Å². The van der Waals surface area contributed by atoms with Crippen LogP contribution in [-0.2, 0) is 19.1 Å². The molecule has 1 unspecified atom stereocenters. The summed E-state index contributed by atoms with van der Waals surface area (Å²) in [6.45, 7) is 5.50. The highest BCUT2D eigenvalue weighted by Gasteiger charge is 2.44. The van der Waals surface area contributed by atoms with Crippen molar-refractivity contribution in [2.24, 2.45) is 0 Å². The summed E-state index contributed by atoms with van der Waals surface area (Å²) in [4.78, 5) is 56.6. The van der Waals surface area contributed by atoms with E-state index >= 15 is 0 Å². The number of amides is 3. The fraction of sp³-hybridized carbons (Fsp3) is 0.385. The van der Waals surface area contributed by atoms with E-state index in [0.29, 0.717) is 43.1 Å². The second-order valence-corrected chi connectivity index (χ2v) is 8.59. The molecular formula is C26H29N3O6. The predicted molar refractivity (Wildman–Crippen MR) is 128 cm³/mol. The molecule has 1 atom stereocenters. The van der Waals surface area contributed by atoms with Crippen molar-refractivity contribution >= 4 is 29.4 Å². The van der Waals surface area contributed by atoms with Crippen molar-refractivity contribution in [1.29, 1.82) is 0 Å². The zero-order valence-corrected chi connectivity index (χ0v) is 19.9. The number of carbonyl (C=O) groups excluding carboxylic acids is 4. The van der Waals surface area contributed by atoms with Crippen LogP contribution < -0.4 is 4.90 Å². The normalized spacial score (nSPS) is 18.6. The quantitative estimate of drug-likeness (QED) is 0.442. The average Bonchev–Trinajstić information content (AvgIpc) is 3.18. The van der Waals surface area contributed by atoms with Gasteiger partial charge in [0.25, 0.3) is 11.8 Å². The zero-order valence-electron chi connectivity index (χ0n) is 19.9. The zero-order chi connectivity index (χ0) is 24.9. The van der Waals surface area contributed by atoms with Crippen LogP contribution in [0.1, 0.15) is 32.7 Å². The van der Waals surface area contributed by atoms with E-state index in [0.717, 1.165) is 23.6 Å². The number of benzene rings is 2. The van der Waals surface area contributed by atoms with Gasteiger partial charge in [-0.15, -0.1) is 0 Å².